The van der Waals surface area contributed by atoms with Crippen LogP contribution in [0.25, 0.3) is 5.70 Å². The molecule has 1 aliphatic rings. The van der Waals surface area contributed by atoms with Gasteiger partial charge in [-0.15, -0.1) is 0 Å². The third-order valence-corrected chi connectivity index (χ3v) is 4.61. The van der Waals surface area contributed by atoms with Gasteiger partial charge in [-0.3, -0.25) is 5.01 Å². The maximum Gasteiger partial charge on any atom is 0.175 e. The fourth-order valence-corrected chi connectivity index (χ4v) is 3.36. The Morgan fingerprint density at radius 3 is 2.68 bits per heavy atom. The molecular weight excluding hydrogens is 335 g/mol. The van der Waals surface area contributed by atoms with Crippen LogP contribution in [0, 0.1) is 5.82 Å². The number of allylic oxidation sites excluding steroid dienone is 1. The maximum absolute atomic E-state index is 14.1. The van der Waals surface area contributed by atoms with E-state index in [9.17, 15) is 4.39 Å². The first-order chi connectivity index (χ1) is 12.3. The maximum atomic E-state index is 14.1. The molecule has 3 heterocycles. The van der Waals surface area contributed by atoms with Crippen molar-refractivity contribution < 1.29 is 4.39 Å². The Balaban J connectivity index is 1.70. The third kappa shape index (κ3) is 3.34. The van der Waals surface area contributed by atoms with Crippen LogP contribution < -0.4 is 0 Å². The summed E-state index contributed by atoms with van der Waals surface area (Å²) in [7, 11) is 0. The summed E-state index contributed by atoms with van der Waals surface area (Å²) in [5.41, 5.74) is 3.43. The van der Waals surface area contributed by atoms with Crippen LogP contribution in [-0.2, 0) is 6.54 Å². The summed E-state index contributed by atoms with van der Waals surface area (Å²) in [5.74, 6) is 0.368. The molecule has 25 heavy (non-hydrogen) atoms. The second-order valence-corrected chi connectivity index (χ2v) is 6.35. The molecule has 6 heteroatoms. The van der Waals surface area contributed by atoms with Gasteiger partial charge in [-0.25, -0.2) is 14.4 Å². The first kappa shape index (κ1) is 15.7. The van der Waals surface area contributed by atoms with E-state index >= 15 is 0 Å². The second kappa shape index (κ2) is 6.94. The minimum Gasteiger partial charge on any atom is -0.260 e. The number of nitrogens with zero attached hydrogens (tertiary/aromatic N) is 4. The van der Waals surface area contributed by atoms with Gasteiger partial charge >= 0.3 is 0 Å². The van der Waals surface area contributed by atoms with E-state index in [4.69, 9.17) is 5.10 Å². The number of rotatable bonds is 4. The average molecular weight is 350 g/mol. The van der Waals surface area contributed by atoms with Gasteiger partial charge in [0.15, 0.2) is 5.82 Å². The topological polar surface area (TPSA) is 41.4 Å². The van der Waals surface area contributed by atoms with Crippen molar-refractivity contribution in [1.82, 2.24) is 15.0 Å². The molecule has 0 saturated carbocycles. The van der Waals surface area contributed by atoms with Crippen LogP contribution in [-0.4, -0.2) is 20.7 Å². The highest BCUT2D eigenvalue weighted by molar-refractivity contribution is 7.08. The lowest BCUT2D eigenvalue weighted by molar-refractivity contribution is 0.399. The van der Waals surface area contributed by atoms with Gasteiger partial charge in [0.05, 0.1) is 12.2 Å². The van der Waals surface area contributed by atoms with E-state index in [-0.39, 0.29) is 5.82 Å². The molecule has 0 saturated heterocycles. The zero-order chi connectivity index (χ0) is 17.1. The summed E-state index contributed by atoms with van der Waals surface area (Å²) in [5, 5.41) is 10.6. The summed E-state index contributed by atoms with van der Waals surface area (Å²) < 4.78 is 14.1. The van der Waals surface area contributed by atoms with Gasteiger partial charge in [0.25, 0.3) is 0 Å². The van der Waals surface area contributed by atoms with Crippen LogP contribution in [0.2, 0.25) is 0 Å². The molecule has 0 fully saturated rings. The van der Waals surface area contributed by atoms with Crippen molar-refractivity contribution in [2.24, 2.45) is 5.10 Å². The van der Waals surface area contributed by atoms with E-state index in [0.29, 0.717) is 24.4 Å². The largest absolute Gasteiger partial charge is 0.260 e. The van der Waals surface area contributed by atoms with Crippen LogP contribution in [0.15, 0.2) is 70.7 Å². The molecule has 4 nitrogen and oxygen atoms in total. The zero-order valence-corrected chi connectivity index (χ0v) is 14.2. The Labute approximate surface area is 149 Å². The van der Waals surface area contributed by atoms with E-state index in [0.717, 1.165) is 17.0 Å². The van der Waals surface area contributed by atoms with E-state index in [1.165, 1.54) is 6.07 Å². The Kier molecular flexibility index (Phi) is 4.35. The van der Waals surface area contributed by atoms with Gasteiger partial charge in [-0.2, -0.15) is 16.4 Å². The van der Waals surface area contributed by atoms with E-state index in [1.807, 2.05) is 22.5 Å². The second-order valence-electron chi connectivity index (χ2n) is 5.57. The average Bonchev–Trinajstić information content (AvgIpc) is 3.19. The van der Waals surface area contributed by atoms with Gasteiger partial charge in [-0.05, 0) is 23.6 Å². The molecule has 0 spiro atoms. The predicted octanol–water partition coefficient (Wildman–Crippen LogP) is 4.33. The fraction of sp³-hybridized carbons (Fsp3) is 0.105. The number of hydrogen-bond acceptors (Lipinski definition) is 5. The van der Waals surface area contributed by atoms with Crippen LogP contribution in [0.5, 0.6) is 0 Å². The third-order valence-electron chi connectivity index (χ3n) is 3.93. The Morgan fingerprint density at radius 2 is 1.92 bits per heavy atom. The number of hydrogen-bond donors (Lipinski definition) is 0. The summed E-state index contributed by atoms with van der Waals surface area (Å²) >= 11 is 1.63. The quantitative estimate of drug-likeness (QED) is 0.703. The van der Waals surface area contributed by atoms with Crippen LogP contribution >= 0.6 is 11.3 Å². The molecule has 124 valence electrons. The molecule has 4 rings (SSSR count). The minimum absolute atomic E-state index is 0.231. The van der Waals surface area contributed by atoms with Crippen molar-refractivity contribution in [3.8, 4) is 0 Å². The molecule has 0 amide bonds. The van der Waals surface area contributed by atoms with Crippen LogP contribution in [0.3, 0.4) is 0 Å². The Morgan fingerprint density at radius 1 is 1.08 bits per heavy atom. The molecular formula is C19H15FN4S. The predicted molar refractivity (Wildman–Crippen MR) is 97.4 cm³/mol. The smallest absolute Gasteiger partial charge is 0.175 e. The van der Waals surface area contributed by atoms with Gasteiger partial charge in [0.2, 0.25) is 0 Å². The summed E-state index contributed by atoms with van der Waals surface area (Å²) in [6, 6.07) is 10.6. The van der Waals surface area contributed by atoms with Crippen molar-refractivity contribution >= 4 is 22.7 Å². The molecule has 0 aliphatic carbocycles. The van der Waals surface area contributed by atoms with E-state index < -0.39 is 0 Å². The van der Waals surface area contributed by atoms with Gasteiger partial charge in [0.1, 0.15) is 11.5 Å². The van der Waals surface area contributed by atoms with Crippen molar-refractivity contribution in [3.63, 3.8) is 0 Å². The number of aromatic nitrogens is 2. The number of benzene rings is 1. The van der Waals surface area contributed by atoms with Crippen molar-refractivity contribution in [2.75, 3.05) is 0 Å². The lowest BCUT2D eigenvalue weighted by atomic mass is 10.1. The lowest BCUT2D eigenvalue weighted by Crippen LogP contribution is -2.23. The Bertz CT molecular complexity index is 920. The number of hydrazone groups is 1. The SMILES string of the molecule is Fc1ccccc1CN1N=C(c2ncccn2)CC=C1c1ccsc1. The standard InChI is InChI=1S/C19H15FN4S/c20-16-5-2-1-4-14(16)12-24-18(15-8-11-25-13-15)7-6-17(23-24)19-21-9-3-10-22-19/h1-5,7-11,13H,6,12H2. The number of halogens is 1. The molecule has 1 aliphatic heterocycles. The van der Waals surface area contributed by atoms with Crippen molar-refractivity contribution in [3.05, 3.63) is 88.4 Å². The molecule has 0 bridgehead atoms. The highest BCUT2D eigenvalue weighted by Crippen LogP contribution is 2.28. The van der Waals surface area contributed by atoms with E-state index in [2.05, 4.69) is 21.4 Å². The monoisotopic (exact) mass is 350 g/mol. The van der Waals surface area contributed by atoms with Crippen molar-refractivity contribution in [1.29, 1.82) is 0 Å². The molecule has 3 aromatic rings. The summed E-state index contributed by atoms with van der Waals surface area (Å²) in [6.45, 7) is 0.352. The first-order valence-electron chi connectivity index (χ1n) is 7.90. The van der Waals surface area contributed by atoms with Crippen LogP contribution in [0.1, 0.15) is 23.4 Å². The molecule has 0 unspecified atom stereocenters. The molecule has 2 aromatic heterocycles. The molecule has 0 radical (unpaired) electrons. The zero-order valence-electron chi connectivity index (χ0n) is 13.3. The summed E-state index contributed by atoms with van der Waals surface area (Å²) in [4.78, 5) is 8.56. The van der Waals surface area contributed by atoms with Crippen LogP contribution in [0.4, 0.5) is 4.39 Å². The normalized spacial score (nSPS) is 14.2. The first-order valence-corrected chi connectivity index (χ1v) is 8.84. The summed E-state index contributed by atoms with van der Waals surface area (Å²) in [6.07, 6.45) is 6.14. The fourth-order valence-electron chi connectivity index (χ4n) is 2.71. The van der Waals surface area contributed by atoms with Gasteiger partial charge < -0.3 is 0 Å². The number of thiophene rings is 1. The highest BCUT2D eigenvalue weighted by Gasteiger charge is 2.20. The molecule has 1 aromatic carbocycles. The lowest BCUT2D eigenvalue weighted by Gasteiger charge is -2.26. The molecule has 0 N–H and O–H groups in total. The van der Waals surface area contributed by atoms with Gasteiger partial charge in [-0.1, -0.05) is 24.3 Å². The minimum atomic E-state index is -0.231. The molecule has 0 atom stereocenters. The highest BCUT2D eigenvalue weighted by atomic mass is 32.1. The van der Waals surface area contributed by atoms with Crippen molar-refractivity contribution in [2.45, 2.75) is 13.0 Å². The van der Waals surface area contributed by atoms with E-state index in [1.54, 1.807) is 41.9 Å². The Hall–Kier alpha value is -2.86. The van der Waals surface area contributed by atoms with Gasteiger partial charge in [0, 0.05) is 35.3 Å².